The van der Waals surface area contributed by atoms with E-state index in [2.05, 4.69) is 0 Å². The van der Waals surface area contributed by atoms with Crippen LogP contribution in [0.5, 0.6) is 5.75 Å². The van der Waals surface area contributed by atoms with Gasteiger partial charge in [-0.1, -0.05) is 34.8 Å². The topological polar surface area (TPSA) is 29.5 Å². The van der Waals surface area contributed by atoms with E-state index in [1.54, 1.807) is 4.90 Å². The molecule has 1 aromatic rings. The van der Waals surface area contributed by atoms with Gasteiger partial charge in [-0.25, -0.2) is 0 Å². The molecule has 6 heteroatoms. The van der Waals surface area contributed by atoms with Gasteiger partial charge in [0.2, 0.25) is 0 Å². The molecule has 1 aliphatic rings. The fourth-order valence-electron chi connectivity index (χ4n) is 1.86. The molecule has 0 saturated carbocycles. The monoisotopic (exact) mass is 307 g/mol. The van der Waals surface area contributed by atoms with Gasteiger partial charge in [-0.15, -0.1) is 0 Å². The first kappa shape index (κ1) is 13.8. The zero-order valence-corrected chi connectivity index (χ0v) is 11.9. The molecule has 1 aromatic carbocycles. The normalized spacial score (nSPS) is 14.9. The second-order valence-electron chi connectivity index (χ2n) is 4.08. The Morgan fingerprint density at radius 2 is 1.72 bits per heavy atom. The molecule has 0 aromatic heterocycles. The van der Waals surface area contributed by atoms with Gasteiger partial charge in [0, 0.05) is 18.1 Å². The van der Waals surface area contributed by atoms with Crippen LogP contribution in [0.15, 0.2) is 12.1 Å². The maximum absolute atomic E-state index is 11.8. The summed E-state index contributed by atoms with van der Waals surface area (Å²) < 4.78 is 5.38. The number of hydrogen-bond acceptors (Lipinski definition) is 2. The van der Waals surface area contributed by atoms with E-state index in [1.165, 1.54) is 12.1 Å². The molecule has 0 atom stereocenters. The van der Waals surface area contributed by atoms with Crippen LogP contribution in [-0.2, 0) is 4.79 Å². The molecule has 1 heterocycles. The van der Waals surface area contributed by atoms with Crippen LogP contribution < -0.4 is 4.74 Å². The van der Waals surface area contributed by atoms with Crippen LogP contribution in [0.4, 0.5) is 0 Å². The van der Waals surface area contributed by atoms with E-state index in [0.29, 0.717) is 20.8 Å². The van der Waals surface area contributed by atoms with Crippen LogP contribution in [0.25, 0.3) is 0 Å². The molecule has 0 N–H and O–H groups in total. The first-order chi connectivity index (χ1) is 8.58. The molecular weight excluding hydrogens is 296 g/mol. The highest BCUT2D eigenvalue weighted by Gasteiger charge is 2.19. The second kappa shape index (κ2) is 6.00. The Kier molecular flexibility index (Phi) is 4.60. The van der Waals surface area contributed by atoms with E-state index in [0.717, 1.165) is 25.9 Å². The molecule has 0 unspecified atom stereocenters. The third-order valence-electron chi connectivity index (χ3n) is 2.76. The number of carbonyl (C=O) groups excluding carboxylic acids is 1. The summed E-state index contributed by atoms with van der Waals surface area (Å²) in [6.07, 6.45) is 2.10. The molecule has 1 fully saturated rings. The Labute approximate surface area is 121 Å². The largest absolute Gasteiger partial charge is 0.481 e. The van der Waals surface area contributed by atoms with Crippen molar-refractivity contribution >= 4 is 40.7 Å². The number of hydrogen-bond donors (Lipinski definition) is 0. The van der Waals surface area contributed by atoms with Gasteiger partial charge in [-0.2, -0.15) is 0 Å². The lowest BCUT2D eigenvalue weighted by atomic mass is 10.3. The minimum absolute atomic E-state index is 0.0467. The third kappa shape index (κ3) is 3.22. The lowest BCUT2D eigenvalue weighted by Gasteiger charge is -2.16. The fourth-order valence-corrected chi connectivity index (χ4v) is 2.78. The molecular formula is C12H12Cl3NO2. The highest BCUT2D eigenvalue weighted by atomic mass is 35.5. The van der Waals surface area contributed by atoms with Crippen molar-refractivity contribution in [2.75, 3.05) is 19.7 Å². The lowest BCUT2D eigenvalue weighted by molar-refractivity contribution is -0.132. The average molecular weight is 309 g/mol. The molecule has 3 nitrogen and oxygen atoms in total. The second-order valence-corrected chi connectivity index (χ2v) is 5.33. The number of likely N-dealkylation sites (tertiary alicyclic amines) is 1. The van der Waals surface area contributed by atoms with E-state index in [9.17, 15) is 4.79 Å². The van der Waals surface area contributed by atoms with Crippen molar-refractivity contribution < 1.29 is 9.53 Å². The van der Waals surface area contributed by atoms with Crippen molar-refractivity contribution in [2.24, 2.45) is 0 Å². The highest BCUT2D eigenvalue weighted by molar-refractivity contribution is 6.40. The van der Waals surface area contributed by atoms with Crippen molar-refractivity contribution in [3.8, 4) is 5.75 Å². The summed E-state index contributed by atoms with van der Waals surface area (Å²) in [6, 6.07) is 3.06. The van der Waals surface area contributed by atoms with Gasteiger partial charge in [0.25, 0.3) is 5.91 Å². The summed E-state index contributed by atoms with van der Waals surface area (Å²) in [5.41, 5.74) is 0. The van der Waals surface area contributed by atoms with Crippen LogP contribution in [-0.4, -0.2) is 30.5 Å². The minimum atomic E-state index is -0.0545. The third-order valence-corrected chi connectivity index (χ3v) is 3.54. The molecule has 0 aliphatic carbocycles. The molecule has 1 saturated heterocycles. The molecule has 1 aliphatic heterocycles. The Morgan fingerprint density at radius 3 is 2.28 bits per heavy atom. The number of nitrogens with zero attached hydrogens (tertiary/aromatic N) is 1. The highest BCUT2D eigenvalue weighted by Crippen LogP contribution is 2.35. The van der Waals surface area contributed by atoms with Crippen molar-refractivity contribution in [1.29, 1.82) is 0 Å². The van der Waals surface area contributed by atoms with Gasteiger partial charge in [-0.05, 0) is 25.0 Å². The number of ether oxygens (including phenoxy) is 1. The Morgan fingerprint density at radius 1 is 1.17 bits per heavy atom. The summed E-state index contributed by atoms with van der Waals surface area (Å²) in [7, 11) is 0. The first-order valence-corrected chi connectivity index (χ1v) is 6.76. The zero-order valence-electron chi connectivity index (χ0n) is 9.59. The van der Waals surface area contributed by atoms with Crippen LogP contribution in [0.3, 0.4) is 0 Å². The fraction of sp³-hybridized carbons (Fsp3) is 0.417. The average Bonchev–Trinajstić information content (AvgIpc) is 2.80. The van der Waals surface area contributed by atoms with E-state index < -0.39 is 0 Å². The number of benzene rings is 1. The first-order valence-electron chi connectivity index (χ1n) is 5.63. The smallest absolute Gasteiger partial charge is 0.260 e. The summed E-state index contributed by atoms with van der Waals surface area (Å²) in [5.74, 6) is 0.255. The molecule has 0 radical (unpaired) electrons. The SMILES string of the molecule is O=C(COc1c(Cl)cc(Cl)cc1Cl)N1CCCC1. The Balaban J connectivity index is 1.99. The van der Waals surface area contributed by atoms with E-state index >= 15 is 0 Å². The molecule has 0 bridgehead atoms. The van der Waals surface area contributed by atoms with Crippen LogP contribution in [0.2, 0.25) is 15.1 Å². The minimum Gasteiger partial charge on any atom is -0.481 e. The van der Waals surface area contributed by atoms with Gasteiger partial charge >= 0.3 is 0 Å². The number of carbonyl (C=O) groups is 1. The standard InChI is InChI=1S/C12H12Cl3NO2/c13-8-5-9(14)12(10(15)6-8)18-7-11(17)16-3-1-2-4-16/h5-6H,1-4,7H2. The van der Waals surface area contributed by atoms with Gasteiger partial charge in [-0.3, -0.25) is 4.79 Å². The maximum Gasteiger partial charge on any atom is 0.260 e. The van der Waals surface area contributed by atoms with E-state index in [1.807, 2.05) is 0 Å². The van der Waals surface area contributed by atoms with Crippen molar-refractivity contribution in [2.45, 2.75) is 12.8 Å². The summed E-state index contributed by atoms with van der Waals surface area (Å²) in [4.78, 5) is 13.6. The molecule has 0 spiro atoms. The van der Waals surface area contributed by atoms with Gasteiger partial charge < -0.3 is 9.64 Å². The lowest BCUT2D eigenvalue weighted by Crippen LogP contribution is -2.32. The van der Waals surface area contributed by atoms with Gasteiger partial charge in [0.1, 0.15) is 0 Å². The predicted molar refractivity (Wildman–Crippen MR) is 72.8 cm³/mol. The van der Waals surface area contributed by atoms with Crippen LogP contribution in [0, 0.1) is 0 Å². The number of rotatable bonds is 3. The van der Waals surface area contributed by atoms with Crippen LogP contribution >= 0.6 is 34.8 Å². The molecule has 1 amide bonds. The summed E-state index contributed by atoms with van der Waals surface area (Å²) >= 11 is 17.7. The predicted octanol–water partition coefficient (Wildman–Crippen LogP) is 3.65. The van der Waals surface area contributed by atoms with Crippen LogP contribution in [0.1, 0.15) is 12.8 Å². The zero-order chi connectivity index (χ0) is 13.1. The van der Waals surface area contributed by atoms with Crippen molar-refractivity contribution in [1.82, 2.24) is 4.90 Å². The summed E-state index contributed by atoms with van der Waals surface area (Å²) in [5, 5.41) is 1.05. The molecule has 18 heavy (non-hydrogen) atoms. The van der Waals surface area contributed by atoms with Crippen molar-refractivity contribution in [3.63, 3.8) is 0 Å². The maximum atomic E-state index is 11.8. The summed E-state index contributed by atoms with van der Waals surface area (Å²) in [6.45, 7) is 1.54. The van der Waals surface area contributed by atoms with Gasteiger partial charge in [0.05, 0.1) is 10.0 Å². The quantitative estimate of drug-likeness (QED) is 0.853. The number of amides is 1. The Hall–Kier alpha value is -0.640. The van der Waals surface area contributed by atoms with Gasteiger partial charge in [0.15, 0.2) is 12.4 Å². The molecule has 98 valence electrons. The van der Waals surface area contributed by atoms with E-state index in [-0.39, 0.29) is 12.5 Å². The Bertz CT molecular complexity index is 436. The molecule has 2 rings (SSSR count). The van der Waals surface area contributed by atoms with E-state index in [4.69, 9.17) is 39.5 Å². The number of halogens is 3. The van der Waals surface area contributed by atoms with Crippen molar-refractivity contribution in [3.05, 3.63) is 27.2 Å².